The average Bonchev–Trinajstić information content (AvgIpc) is 3.17. The first-order chi connectivity index (χ1) is 12.5. The standard InChI is InChI=1S/C21H29NO4S/c1-18(2)17(23)19(3,4)21(18)26-22(12-14-10-8-7-9-11-14)16(27-21)15-13-24-20(5,6)25-15/h7-11,15-16H,12-13H2,1-6H3/t15-,16-/m1/s1. The molecular formula is C21H29NO4S. The van der Waals surface area contributed by atoms with Crippen molar-refractivity contribution < 1.29 is 19.1 Å². The van der Waals surface area contributed by atoms with Crippen LogP contribution in [-0.4, -0.2) is 39.7 Å². The van der Waals surface area contributed by atoms with E-state index in [2.05, 4.69) is 12.1 Å². The Morgan fingerprint density at radius 2 is 1.70 bits per heavy atom. The lowest BCUT2D eigenvalue weighted by Gasteiger charge is -2.61. The number of hydrogen-bond donors (Lipinski definition) is 0. The Hall–Kier alpha value is -0.920. The minimum atomic E-state index is -0.605. The van der Waals surface area contributed by atoms with Gasteiger partial charge in [0.25, 0.3) is 0 Å². The molecule has 2 aliphatic heterocycles. The third kappa shape index (κ3) is 2.72. The van der Waals surface area contributed by atoms with Crippen molar-refractivity contribution in [3.8, 4) is 0 Å². The summed E-state index contributed by atoms with van der Waals surface area (Å²) in [5.74, 6) is -0.355. The van der Waals surface area contributed by atoms with E-state index in [0.29, 0.717) is 13.2 Å². The number of nitrogens with zero attached hydrogens (tertiary/aromatic N) is 1. The maximum Gasteiger partial charge on any atom is 0.163 e. The van der Waals surface area contributed by atoms with E-state index in [9.17, 15) is 4.79 Å². The maximum atomic E-state index is 12.8. The number of hydroxylamine groups is 2. The van der Waals surface area contributed by atoms with Gasteiger partial charge in [-0.25, -0.2) is 0 Å². The first-order valence-corrected chi connectivity index (χ1v) is 10.4. The van der Waals surface area contributed by atoms with Crippen LogP contribution in [0.25, 0.3) is 0 Å². The van der Waals surface area contributed by atoms with Gasteiger partial charge < -0.3 is 9.47 Å². The number of carbonyl (C=O) groups is 1. The highest BCUT2D eigenvalue weighted by molar-refractivity contribution is 8.01. The van der Waals surface area contributed by atoms with Crippen molar-refractivity contribution in [1.29, 1.82) is 0 Å². The van der Waals surface area contributed by atoms with Crippen LogP contribution in [0.1, 0.15) is 47.1 Å². The molecule has 3 aliphatic rings. The summed E-state index contributed by atoms with van der Waals surface area (Å²) in [6.07, 6.45) is -0.115. The van der Waals surface area contributed by atoms with E-state index in [-0.39, 0.29) is 17.3 Å². The van der Waals surface area contributed by atoms with Gasteiger partial charge in [-0.05, 0) is 47.1 Å². The lowest BCUT2D eigenvalue weighted by atomic mass is 9.51. The fourth-order valence-corrected chi connectivity index (χ4v) is 6.57. The molecule has 4 rings (SSSR count). The predicted molar refractivity (Wildman–Crippen MR) is 105 cm³/mol. The van der Waals surface area contributed by atoms with Gasteiger partial charge in [-0.2, -0.15) is 5.06 Å². The molecule has 1 aliphatic carbocycles. The minimum absolute atomic E-state index is 0.0429. The van der Waals surface area contributed by atoms with Gasteiger partial charge in [0.2, 0.25) is 0 Å². The molecule has 2 atom stereocenters. The first kappa shape index (κ1) is 19.4. The Morgan fingerprint density at radius 3 is 2.26 bits per heavy atom. The number of rotatable bonds is 3. The average molecular weight is 392 g/mol. The highest BCUT2D eigenvalue weighted by atomic mass is 32.2. The van der Waals surface area contributed by atoms with Gasteiger partial charge in [0.05, 0.1) is 24.0 Å². The smallest absolute Gasteiger partial charge is 0.163 e. The van der Waals surface area contributed by atoms with Crippen LogP contribution in [0.4, 0.5) is 0 Å². The van der Waals surface area contributed by atoms with E-state index in [1.165, 1.54) is 5.56 Å². The van der Waals surface area contributed by atoms with E-state index in [4.69, 9.17) is 14.3 Å². The fraction of sp³-hybridized carbons (Fsp3) is 0.667. The molecule has 1 aromatic rings. The van der Waals surface area contributed by atoms with Crippen LogP contribution in [0.2, 0.25) is 0 Å². The lowest BCUT2D eigenvalue weighted by molar-refractivity contribution is -0.293. The van der Waals surface area contributed by atoms with Gasteiger partial charge in [-0.3, -0.25) is 9.63 Å². The zero-order chi connectivity index (χ0) is 19.7. The summed E-state index contributed by atoms with van der Waals surface area (Å²) in [4.78, 5) is 18.8. The monoisotopic (exact) mass is 391 g/mol. The molecule has 0 bridgehead atoms. The lowest BCUT2D eigenvalue weighted by Crippen LogP contribution is -2.72. The summed E-state index contributed by atoms with van der Waals surface area (Å²) in [7, 11) is 0. The number of Topliss-reactive ketones (excluding diaryl/α,β-unsaturated/α-hetero) is 1. The van der Waals surface area contributed by atoms with Crippen LogP contribution in [0.3, 0.4) is 0 Å². The van der Waals surface area contributed by atoms with Crippen LogP contribution < -0.4 is 0 Å². The molecule has 0 N–H and O–H groups in total. The molecule has 3 fully saturated rings. The van der Waals surface area contributed by atoms with Gasteiger partial charge in [0.1, 0.15) is 11.5 Å². The third-order valence-corrected chi connectivity index (χ3v) is 8.33. The highest BCUT2D eigenvalue weighted by Crippen LogP contribution is 2.70. The van der Waals surface area contributed by atoms with Gasteiger partial charge >= 0.3 is 0 Å². The van der Waals surface area contributed by atoms with Crippen molar-refractivity contribution >= 4 is 17.5 Å². The number of hydrogen-bond acceptors (Lipinski definition) is 6. The summed E-state index contributed by atoms with van der Waals surface area (Å²) in [6.45, 7) is 13.0. The molecule has 2 heterocycles. The molecule has 1 saturated carbocycles. The quantitative estimate of drug-likeness (QED) is 0.777. The van der Waals surface area contributed by atoms with Crippen molar-refractivity contribution in [3.63, 3.8) is 0 Å². The summed E-state index contributed by atoms with van der Waals surface area (Å²) >= 11 is 1.72. The summed E-state index contributed by atoms with van der Waals surface area (Å²) in [5.41, 5.74) is 0.0548. The maximum absolute atomic E-state index is 12.8. The third-order valence-electron chi connectivity index (χ3n) is 6.13. The van der Waals surface area contributed by atoms with Crippen molar-refractivity contribution in [2.45, 2.75) is 70.3 Å². The fourth-order valence-electron chi connectivity index (χ4n) is 4.79. The zero-order valence-electron chi connectivity index (χ0n) is 16.9. The minimum Gasteiger partial charge on any atom is -0.348 e. The molecule has 5 nitrogen and oxygen atoms in total. The van der Waals surface area contributed by atoms with Crippen molar-refractivity contribution in [2.24, 2.45) is 10.8 Å². The van der Waals surface area contributed by atoms with E-state index in [1.807, 2.05) is 64.8 Å². The van der Waals surface area contributed by atoms with Gasteiger partial charge in [-0.1, -0.05) is 42.1 Å². The first-order valence-electron chi connectivity index (χ1n) is 9.54. The summed E-state index contributed by atoms with van der Waals surface area (Å²) in [5, 5.41) is 1.96. The Kier molecular flexibility index (Phi) is 4.34. The van der Waals surface area contributed by atoms with E-state index in [1.54, 1.807) is 11.8 Å². The molecule has 0 radical (unpaired) electrons. The number of benzene rings is 1. The Balaban J connectivity index is 1.66. The Morgan fingerprint density at radius 1 is 1.07 bits per heavy atom. The zero-order valence-corrected chi connectivity index (χ0v) is 17.8. The van der Waals surface area contributed by atoms with Gasteiger partial charge in [-0.15, -0.1) is 0 Å². The van der Waals surface area contributed by atoms with Gasteiger partial charge in [0, 0.05) is 0 Å². The molecular weight excluding hydrogens is 362 g/mol. The number of ether oxygens (including phenoxy) is 2. The normalized spacial score (nSPS) is 33.3. The highest BCUT2D eigenvalue weighted by Gasteiger charge is 2.78. The SMILES string of the molecule is CC1(C)OC[C@H]([C@H]2SC3(ON2Cc2ccccc2)C(C)(C)C(=O)C3(C)C)O1. The largest absolute Gasteiger partial charge is 0.348 e. The number of ketones is 1. The van der Waals surface area contributed by atoms with Crippen molar-refractivity contribution in [1.82, 2.24) is 5.06 Å². The van der Waals surface area contributed by atoms with Crippen LogP contribution in [0, 0.1) is 10.8 Å². The summed E-state index contributed by atoms with van der Waals surface area (Å²) < 4.78 is 12.0. The topological polar surface area (TPSA) is 48.0 Å². The van der Waals surface area contributed by atoms with Crippen molar-refractivity contribution in [2.75, 3.05) is 6.61 Å². The number of thioether (sulfide) groups is 1. The van der Waals surface area contributed by atoms with E-state index >= 15 is 0 Å². The second kappa shape index (κ2) is 6.04. The van der Waals surface area contributed by atoms with Crippen LogP contribution in [0.15, 0.2) is 30.3 Å². The van der Waals surface area contributed by atoms with E-state index < -0.39 is 21.6 Å². The molecule has 1 aromatic carbocycles. The van der Waals surface area contributed by atoms with E-state index in [0.717, 1.165) is 0 Å². The second-order valence-electron chi connectivity index (χ2n) is 9.22. The molecule has 2 saturated heterocycles. The Bertz CT molecular complexity index is 728. The molecule has 0 amide bonds. The van der Waals surface area contributed by atoms with Crippen LogP contribution >= 0.6 is 11.8 Å². The molecule has 6 heteroatoms. The Labute approximate surface area is 165 Å². The molecule has 148 valence electrons. The predicted octanol–water partition coefficient (Wildman–Crippen LogP) is 3.98. The molecule has 0 aromatic heterocycles. The van der Waals surface area contributed by atoms with Crippen molar-refractivity contribution in [3.05, 3.63) is 35.9 Å². The second-order valence-corrected chi connectivity index (χ2v) is 10.5. The molecule has 1 spiro atoms. The number of carbonyl (C=O) groups excluding carboxylic acids is 1. The van der Waals surface area contributed by atoms with Crippen LogP contribution in [-0.2, 0) is 25.7 Å². The molecule has 27 heavy (non-hydrogen) atoms. The molecule has 0 unspecified atom stereocenters. The summed E-state index contributed by atoms with van der Waals surface area (Å²) in [6, 6.07) is 10.3. The van der Waals surface area contributed by atoms with Crippen LogP contribution in [0.5, 0.6) is 0 Å². The van der Waals surface area contributed by atoms with Gasteiger partial charge in [0.15, 0.2) is 16.5 Å².